The molecule has 0 saturated carbocycles. The van der Waals surface area contributed by atoms with Gasteiger partial charge in [-0.05, 0) is 18.2 Å². The molecule has 3 aromatic rings. The van der Waals surface area contributed by atoms with Crippen LogP contribution in [0.25, 0.3) is 22.4 Å². The van der Waals surface area contributed by atoms with E-state index in [0.29, 0.717) is 66.1 Å². The quantitative estimate of drug-likeness (QED) is 0.496. The lowest BCUT2D eigenvalue weighted by atomic mass is 10.1. The lowest BCUT2D eigenvalue weighted by Gasteiger charge is -2.35. The van der Waals surface area contributed by atoms with E-state index in [9.17, 15) is 9.90 Å². The highest BCUT2D eigenvalue weighted by Gasteiger charge is 2.48. The molecule has 4 atom stereocenters. The molecule has 3 fully saturated rings. The number of methoxy groups -OCH3 is 1. The Labute approximate surface area is 217 Å². The number of hydrogen-bond donors (Lipinski definition) is 2. The number of piperazine rings is 1. The topological polar surface area (TPSA) is 135 Å². The van der Waals surface area contributed by atoms with Crippen LogP contribution in [-0.4, -0.2) is 107 Å². The predicted octanol–water partition coefficient (Wildman–Crippen LogP) is 1.26. The lowest BCUT2D eigenvalue weighted by Crippen LogP contribution is -2.48. The third kappa shape index (κ3) is 4.43. The molecule has 0 unspecified atom stereocenters. The Bertz CT molecular complexity index is 1330. The molecule has 6 rings (SSSR count). The van der Waals surface area contributed by atoms with E-state index in [2.05, 4.69) is 19.9 Å². The van der Waals surface area contributed by atoms with Crippen molar-refractivity contribution in [1.29, 1.82) is 0 Å². The van der Waals surface area contributed by atoms with Crippen LogP contribution in [0.15, 0.2) is 18.2 Å². The van der Waals surface area contributed by atoms with Crippen LogP contribution in [-0.2, 0) is 14.3 Å². The summed E-state index contributed by atoms with van der Waals surface area (Å²) >= 11 is 6.62. The van der Waals surface area contributed by atoms with Crippen LogP contribution >= 0.6 is 11.6 Å². The number of amides is 1. The van der Waals surface area contributed by atoms with Crippen LogP contribution in [0.5, 0.6) is 11.9 Å². The maximum Gasteiger partial charge on any atom is 0.296 e. The number of aromatic nitrogens is 4. The number of ether oxygens (including phenoxy) is 4. The van der Waals surface area contributed by atoms with E-state index >= 15 is 0 Å². The number of fused-ring (bicyclic) bond motifs is 2. The summed E-state index contributed by atoms with van der Waals surface area (Å²) in [6.45, 7) is 4.77. The molecule has 0 spiro atoms. The normalized spacial score (nSPS) is 25.5. The second kappa shape index (κ2) is 9.60. The van der Waals surface area contributed by atoms with Crippen molar-refractivity contribution in [2.45, 2.75) is 31.3 Å². The van der Waals surface area contributed by atoms with E-state index in [1.54, 1.807) is 20.1 Å². The van der Waals surface area contributed by atoms with Crippen LogP contribution in [0.1, 0.15) is 6.92 Å². The van der Waals surface area contributed by atoms with Crippen molar-refractivity contribution in [1.82, 2.24) is 24.8 Å². The standard InChI is InChI=1S/C24H27ClN6O6/c1-12(32)30-5-7-31(8-6-30)18-4-3-13(23(27-18)34-2)19-14(25)9-15-22(28-19)29-24(26-15)37-17-11-36-20-16(33)10-35-21(17)20/h3-4,9,16-17,20-21,33H,5-8,10-11H2,1-2H3,(H,26,28,29)/t16-,17-,20-,21-/m1/s1. The van der Waals surface area contributed by atoms with Crippen LogP contribution in [0.4, 0.5) is 5.82 Å². The van der Waals surface area contributed by atoms with Gasteiger partial charge >= 0.3 is 0 Å². The number of aromatic amines is 1. The van der Waals surface area contributed by atoms with Crippen molar-refractivity contribution >= 4 is 34.5 Å². The number of carbonyl (C=O) groups excluding carboxylic acids is 1. The smallest absolute Gasteiger partial charge is 0.296 e. The first-order valence-electron chi connectivity index (χ1n) is 12.1. The number of nitrogens with zero attached hydrogens (tertiary/aromatic N) is 5. The molecule has 37 heavy (non-hydrogen) atoms. The number of rotatable bonds is 5. The third-order valence-corrected chi connectivity index (χ3v) is 7.28. The summed E-state index contributed by atoms with van der Waals surface area (Å²) in [4.78, 5) is 32.5. The summed E-state index contributed by atoms with van der Waals surface area (Å²) in [6.07, 6.45) is -1.80. The molecule has 0 radical (unpaired) electrons. The minimum absolute atomic E-state index is 0.0787. The molecule has 0 aliphatic carbocycles. The molecule has 13 heteroatoms. The van der Waals surface area contributed by atoms with Gasteiger partial charge in [-0.25, -0.2) is 4.98 Å². The average molecular weight is 531 g/mol. The fraction of sp³-hybridized carbons (Fsp3) is 0.500. The summed E-state index contributed by atoms with van der Waals surface area (Å²) < 4.78 is 22.8. The molecular formula is C24H27ClN6O6. The Hall–Kier alpha value is -3.19. The molecule has 3 aliphatic heterocycles. The van der Waals surface area contributed by atoms with Crippen LogP contribution in [0.2, 0.25) is 5.02 Å². The first-order chi connectivity index (χ1) is 17.9. The number of aliphatic hydroxyl groups is 1. The average Bonchev–Trinajstić information content (AvgIpc) is 3.59. The molecule has 12 nitrogen and oxygen atoms in total. The molecule has 3 aromatic heterocycles. The molecule has 0 aromatic carbocycles. The highest BCUT2D eigenvalue weighted by molar-refractivity contribution is 6.33. The van der Waals surface area contributed by atoms with E-state index in [0.717, 1.165) is 5.82 Å². The van der Waals surface area contributed by atoms with Gasteiger partial charge < -0.3 is 38.8 Å². The lowest BCUT2D eigenvalue weighted by molar-refractivity contribution is -0.129. The van der Waals surface area contributed by atoms with Gasteiger partial charge in [0.15, 0.2) is 11.8 Å². The molecule has 0 bridgehead atoms. The van der Waals surface area contributed by atoms with Gasteiger partial charge in [0, 0.05) is 33.1 Å². The molecule has 1 amide bonds. The number of imidazole rings is 1. The van der Waals surface area contributed by atoms with Gasteiger partial charge in [0.25, 0.3) is 6.01 Å². The molecular weight excluding hydrogens is 504 g/mol. The Balaban J connectivity index is 1.24. The Morgan fingerprint density at radius 2 is 1.92 bits per heavy atom. The van der Waals surface area contributed by atoms with Gasteiger partial charge in [-0.3, -0.25) is 4.79 Å². The zero-order valence-electron chi connectivity index (χ0n) is 20.4. The van der Waals surface area contributed by atoms with E-state index in [1.807, 2.05) is 17.0 Å². The summed E-state index contributed by atoms with van der Waals surface area (Å²) in [6, 6.07) is 5.77. The molecule has 2 N–H and O–H groups in total. The Kier molecular flexibility index (Phi) is 6.27. The monoisotopic (exact) mass is 530 g/mol. The highest BCUT2D eigenvalue weighted by Crippen LogP contribution is 2.36. The maximum atomic E-state index is 11.6. The number of pyridine rings is 2. The van der Waals surface area contributed by atoms with E-state index in [-0.39, 0.29) is 24.6 Å². The number of H-pyrrole nitrogens is 1. The van der Waals surface area contributed by atoms with Crippen molar-refractivity contribution in [3.05, 3.63) is 23.2 Å². The fourth-order valence-corrected chi connectivity index (χ4v) is 5.28. The first kappa shape index (κ1) is 24.2. The number of halogens is 1. The van der Waals surface area contributed by atoms with E-state index in [1.165, 1.54) is 0 Å². The molecule has 3 aliphatic rings. The van der Waals surface area contributed by atoms with Gasteiger partial charge in [0.2, 0.25) is 11.8 Å². The van der Waals surface area contributed by atoms with Gasteiger partial charge in [-0.1, -0.05) is 11.6 Å². The van der Waals surface area contributed by atoms with Gasteiger partial charge in [-0.2, -0.15) is 9.97 Å². The largest absolute Gasteiger partial charge is 0.480 e. The third-order valence-electron chi connectivity index (χ3n) is 6.99. The maximum absolute atomic E-state index is 11.6. The number of nitrogens with one attached hydrogen (secondary N) is 1. The van der Waals surface area contributed by atoms with Crippen LogP contribution in [0, 0.1) is 0 Å². The van der Waals surface area contributed by atoms with Crippen molar-refractivity contribution < 1.29 is 28.8 Å². The van der Waals surface area contributed by atoms with Crippen molar-refractivity contribution in [2.24, 2.45) is 0 Å². The number of anilines is 1. The minimum atomic E-state index is -0.655. The van der Waals surface area contributed by atoms with Crippen molar-refractivity contribution in [3.63, 3.8) is 0 Å². The van der Waals surface area contributed by atoms with E-state index in [4.69, 9.17) is 35.5 Å². The Morgan fingerprint density at radius 1 is 1.14 bits per heavy atom. The second-order valence-electron chi connectivity index (χ2n) is 9.27. The van der Waals surface area contributed by atoms with Crippen molar-refractivity contribution in [2.75, 3.05) is 51.4 Å². The highest BCUT2D eigenvalue weighted by atomic mass is 35.5. The van der Waals surface area contributed by atoms with Gasteiger partial charge in [0.1, 0.15) is 24.1 Å². The summed E-state index contributed by atoms with van der Waals surface area (Å²) in [5, 5.41) is 10.3. The molecule has 3 saturated heterocycles. The van der Waals surface area contributed by atoms with Crippen LogP contribution < -0.4 is 14.4 Å². The zero-order valence-corrected chi connectivity index (χ0v) is 21.1. The van der Waals surface area contributed by atoms with Gasteiger partial charge in [-0.15, -0.1) is 0 Å². The predicted molar refractivity (Wildman–Crippen MR) is 133 cm³/mol. The minimum Gasteiger partial charge on any atom is -0.480 e. The Morgan fingerprint density at radius 3 is 2.68 bits per heavy atom. The number of carbonyl (C=O) groups is 1. The number of hydrogen-bond acceptors (Lipinski definition) is 10. The fourth-order valence-electron chi connectivity index (χ4n) is 5.02. The molecule has 196 valence electrons. The summed E-state index contributed by atoms with van der Waals surface area (Å²) in [5.41, 5.74) is 2.14. The summed E-state index contributed by atoms with van der Waals surface area (Å²) in [5.74, 6) is 1.22. The first-order valence-corrected chi connectivity index (χ1v) is 12.5. The van der Waals surface area contributed by atoms with Crippen molar-refractivity contribution in [3.8, 4) is 23.1 Å². The number of aliphatic hydroxyl groups excluding tert-OH is 1. The van der Waals surface area contributed by atoms with Gasteiger partial charge in [0.05, 0.1) is 42.1 Å². The summed E-state index contributed by atoms with van der Waals surface area (Å²) in [7, 11) is 1.55. The SMILES string of the molecule is COc1nc(N2CCN(C(C)=O)CC2)ccc1-c1nc2nc(O[C@@H]3CO[C@H]4[C@@H]3OC[C@H]4O)[nH]c2cc1Cl. The second-order valence-corrected chi connectivity index (χ2v) is 9.68. The zero-order chi connectivity index (χ0) is 25.7. The van der Waals surface area contributed by atoms with E-state index < -0.39 is 18.3 Å². The molecule has 6 heterocycles. The van der Waals surface area contributed by atoms with Crippen LogP contribution in [0.3, 0.4) is 0 Å².